The zero-order valence-corrected chi connectivity index (χ0v) is 15.0. The maximum Gasteiger partial charge on any atom is 0.356 e. The lowest BCUT2D eigenvalue weighted by molar-refractivity contribution is 0.0594. The van der Waals surface area contributed by atoms with Gasteiger partial charge in [-0.3, -0.25) is 4.18 Å². The molecule has 0 saturated carbocycles. The van der Waals surface area contributed by atoms with Crippen LogP contribution in [0.1, 0.15) is 16.2 Å². The van der Waals surface area contributed by atoms with Gasteiger partial charge in [-0.1, -0.05) is 24.1 Å². The minimum absolute atomic E-state index is 0.0655. The highest BCUT2D eigenvalue weighted by molar-refractivity contribution is 7.85. The van der Waals surface area contributed by atoms with Crippen molar-refractivity contribution in [3.8, 4) is 12.3 Å². The largest absolute Gasteiger partial charge is 0.464 e. The third-order valence-electron chi connectivity index (χ3n) is 3.87. The third-order valence-corrected chi connectivity index (χ3v) is 4.42. The fourth-order valence-corrected chi connectivity index (χ4v) is 3.21. The number of pyridine rings is 1. The first-order valence-electron chi connectivity index (χ1n) is 7.62. The fraction of sp³-hybridized carbons (Fsp3) is 0.222. The highest BCUT2D eigenvalue weighted by Gasteiger charge is 2.20. The molecular formula is C18H16N2O5S. The van der Waals surface area contributed by atoms with Gasteiger partial charge in [0.25, 0.3) is 10.1 Å². The van der Waals surface area contributed by atoms with E-state index in [2.05, 4.69) is 10.9 Å². The van der Waals surface area contributed by atoms with Crippen LogP contribution in [0.4, 0.5) is 0 Å². The van der Waals surface area contributed by atoms with Gasteiger partial charge in [0.2, 0.25) is 0 Å². The van der Waals surface area contributed by atoms with Gasteiger partial charge in [0.15, 0.2) is 0 Å². The number of hydrogen-bond acceptors (Lipinski definition) is 6. The average Bonchev–Trinajstić information content (AvgIpc) is 2.93. The van der Waals surface area contributed by atoms with E-state index in [0.29, 0.717) is 11.2 Å². The Labute approximate surface area is 150 Å². The predicted octanol–water partition coefficient (Wildman–Crippen LogP) is 2.09. The summed E-state index contributed by atoms with van der Waals surface area (Å²) in [5, 5.41) is 1.59. The van der Waals surface area contributed by atoms with E-state index in [1.54, 1.807) is 6.07 Å². The Morgan fingerprint density at radius 3 is 2.69 bits per heavy atom. The Morgan fingerprint density at radius 2 is 2.04 bits per heavy atom. The molecule has 0 fully saturated rings. The van der Waals surface area contributed by atoms with Crippen LogP contribution < -0.4 is 0 Å². The molecule has 0 N–H and O–H groups in total. The SMILES string of the molecule is C#CCn1c2ccccc2c2cc(C(=O)OC)nc(COS(C)(=O)=O)c21. The van der Waals surface area contributed by atoms with E-state index in [4.69, 9.17) is 15.3 Å². The van der Waals surface area contributed by atoms with E-state index in [1.165, 1.54) is 7.11 Å². The maximum atomic E-state index is 12.0. The quantitative estimate of drug-likeness (QED) is 0.387. The van der Waals surface area contributed by atoms with Crippen molar-refractivity contribution >= 4 is 37.9 Å². The summed E-state index contributed by atoms with van der Waals surface area (Å²) in [7, 11) is -2.44. The molecule has 0 bridgehead atoms. The first-order valence-corrected chi connectivity index (χ1v) is 9.44. The molecule has 3 aromatic rings. The molecule has 0 atom stereocenters. The Balaban J connectivity index is 2.37. The van der Waals surface area contributed by atoms with Gasteiger partial charge in [-0.25, -0.2) is 9.78 Å². The molecule has 0 saturated heterocycles. The van der Waals surface area contributed by atoms with Crippen molar-refractivity contribution in [3.05, 3.63) is 41.7 Å². The van der Waals surface area contributed by atoms with E-state index >= 15 is 0 Å². The third kappa shape index (κ3) is 3.27. The number of ether oxygens (including phenoxy) is 1. The summed E-state index contributed by atoms with van der Waals surface area (Å²) in [6.07, 6.45) is 6.45. The molecule has 0 spiro atoms. The number of fused-ring (bicyclic) bond motifs is 3. The lowest BCUT2D eigenvalue weighted by atomic mass is 10.1. The van der Waals surface area contributed by atoms with Gasteiger partial charge < -0.3 is 9.30 Å². The number of terminal acetylenes is 1. The number of para-hydroxylation sites is 1. The number of methoxy groups -OCH3 is 1. The number of benzene rings is 1. The molecule has 0 amide bonds. The van der Waals surface area contributed by atoms with E-state index in [9.17, 15) is 13.2 Å². The number of rotatable bonds is 5. The summed E-state index contributed by atoms with van der Waals surface area (Å²) in [6, 6.07) is 9.14. The standard InChI is InChI=1S/C18H16N2O5S/c1-4-9-20-16-8-6-5-7-12(16)13-10-14(18(21)24-2)19-15(17(13)20)11-25-26(3,22)23/h1,5-8,10H,9,11H2,2-3H3. The smallest absolute Gasteiger partial charge is 0.356 e. The second-order valence-electron chi connectivity index (χ2n) is 5.62. The molecule has 8 heteroatoms. The molecule has 0 aliphatic carbocycles. The van der Waals surface area contributed by atoms with Gasteiger partial charge >= 0.3 is 5.97 Å². The van der Waals surface area contributed by atoms with Crippen molar-refractivity contribution in [1.29, 1.82) is 0 Å². The van der Waals surface area contributed by atoms with Crippen LogP contribution >= 0.6 is 0 Å². The van der Waals surface area contributed by atoms with Crippen LogP contribution in [0.3, 0.4) is 0 Å². The van der Waals surface area contributed by atoms with Gasteiger partial charge in [0, 0.05) is 10.8 Å². The van der Waals surface area contributed by atoms with Crippen LogP contribution in [0.15, 0.2) is 30.3 Å². The summed E-state index contributed by atoms with van der Waals surface area (Å²) in [6.45, 7) is -0.0593. The Morgan fingerprint density at radius 1 is 1.31 bits per heavy atom. The Kier molecular flexibility index (Phi) is 4.68. The van der Waals surface area contributed by atoms with Crippen molar-refractivity contribution in [2.75, 3.05) is 13.4 Å². The van der Waals surface area contributed by atoms with Crippen LogP contribution in [-0.4, -0.2) is 37.3 Å². The first kappa shape index (κ1) is 17.9. The number of carbonyl (C=O) groups is 1. The van der Waals surface area contributed by atoms with Gasteiger partial charge in [-0.15, -0.1) is 6.42 Å². The topological polar surface area (TPSA) is 87.5 Å². The van der Waals surface area contributed by atoms with E-state index in [0.717, 1.165) is 22.5 Å². The van der Waals surface area contributed by atoms with Crippen LogP contribution in [0, 0.1) is 12.3 Å². The number of hydrogen-bond donors (Lipinski definition) is 0. The molecule has 7 nitrogen and oxygen atoms in total. The fourth-order valence-electron chi connectivity index (χ4n) is 2.88. The average molecular weight is 372 g/mol. The minimum atomic E-state index is -3.69. The lowest BCUT2D eigenvalue weighted by Crippen LogP contribution is -2.11. The van der Waals surface area contributed by atoms with Crippen molar-refractivity contribution in [3.63, 3.8) is 0 Å². The van der Waals surface area contributed by atoms with Gasteiger partial charge in [-0.05, 0) is 12.1 Å². The number of aromatic nitrogens is 2. The highest BCUT2D eigenvalue weighted by atomic mass is 32.2. The monoisotopic (exact) mass is 372 g/mol. The van der Waals surface area contributed by atoms with Crippen molar-refractivity contribution in [2.24, 2.45) is 0 Å². The second-order valence-corrected chi connectivity index (χ2v) is 7.26. The summed E-state index contributed by atoms with van der Waals surface area (Å²) in [5.41, 5.74) is 1.83. The number of carbonyl (C=O) groups excluding carboxylic acids is 1. The van der Waals surface area contributed by atoms with Gasteiger partial charge in [0.1, 0.15) is 12.3 Å². The van der Waals surface area contributed by atoms with Crippen LogP contribution in [-0.2, 0) is 32.2 Å². The van der Waals surface area contributed by atoms with E-state index in [-0.39, 0.29) is 18.8 Å². The molecule has 2 heterocycles. The van der Waals surface area contributed by atoms with Crippen molar-refractivity contribution < 1.29 is 22.1 Å². The maximum absolute atomic E-state index is 12.0. The van der Waals surface area contributed by atoms with Crippen LogP contribution in [0.25, 0.3) is 21.8 Å². The molecule has 3 rings (SSSR count). The summed E-state index contributed by atoms with van der Waals surface area (Å²) < 4.78 is 34.3. The molecule has 1 aromatic carbocycles. The van der Waals surface area contributed by atoms with Gasteiger partial charge in [0.05, 0.1) is 36.6 Å². The molecule has 0 radical (unpaired) electrons. The van der Waals surface area contributed by atoms with E-state index in [1.807, 2.05) is 28.8 Å². The Hall–Kier alpha value is -2.89. The zero-order chi connectivity index (χ0) is 18.9. The van der Waals surface area contributed by atoms with Crippen molar-refractivity contribution in [2.45, 2.75) is 13.2 Å². The molecule has 0 aliphatic rings. The lowest BCUT2D eigenvalue weighted by Gasteiger charge is -2.09. The number of esters is 1. The first-order chi connectivity index (χ1) is 12.4. The Bertz CT molecular complexity index is 1160. The number of nitrogens with zero attached hydrogens (tertiary/aromatic N) is 2. The summed E-state index contributed by atoms with van der Waals surface area (Å²) in [5.74, 6) is 1.96. The molecule has 2 aromatic heterocycles. The zero-order valence-electron chi connectivity index (χ0n) is 14.2. The normalized spacial score (nSPS) is 11.6. The molecule has 0 unspecified atom stereocenters. The van der Waals surface area contributed by atoms with Gasteiger partial charge in [-0.2, -0.15) is 8.42 Å². The predicted molar refractivity (Wildman–Crippen MR) is 97.0 cm³/mol. The molecular weight excluding hydrogens is 356 g/mol. The molecule has 26 heavy (non-hydrogen) atoms. The minimum Gasteiger partial charge on any atom is -0.464 e. The second kappa shape index (κ2) is 6.78. The summed E-state index contributed by atoms with van der Waals surface area (Å²) in [4.78, 5) is 16.3. The summed E-state index contributed by atoms with van der Waals surface area (Å²) >= 11 is 0. The molecule has 134 valence electrons. The van der Waals surface area contributed by atoms with Crippen LogP contribution in [0.5, 0.6) is 0 Å². The molecule has 0 aliphatic heterocycles. The van der Waals surface area contributed by atoms with Crippen molar-refractivity contribution in [1.82, 2.24) is 9.55 Å². The van der Waals surface area contributed by atoms with E-state index < -0.39 is 16.1 Å². The van der Waals surface area contributed by atoms with Crippen LogP contribution in [0.2, 0.25) is 0 Å². The highest BCUT2D eigenvalue weighted by Crippen LogP contribution is 2.31.